The Labute approximate surface area is 121 Å². The van der Waals surface area contributed by atoms with E-state index in [-0.39, 0.29) is 5.75 Å². The van der Waals surface area contributed by atoms with E-state index in [0.29, 0.717) is 21.9 Å². The Morgan fingerprint density at radius 1 is 1.10 bits per heavy atom. The summed E-state index contributed by atoms with van der Waals surface area (Å²) in [5.74, 6) is 0.800. The van der Waals surface area contributed by atoms with Crippen molar-refractivity contribution in [2.45, 2.75) is 6.10 Å². The summed E-state index contributed by atoms with van der Waals surface area (Å²) in [6, 6.07) is 13.8. The van der Waals surface area contributed by atoms with Crippen LogP contribution < -0.4 is 4.74 Å². The molecule has 0 radical (unpaired) electrons. The normalized spacial score (nSPS) is 17.4. The maximum atomic E-state index is 11.4. The zero-order chi connectivity index (χ0) is 14.1. The van der Waals surface area contributed by atoms with Gasteiger partial charge in [-0.05, 0) is 29.8 Å². The van der Waals surface area contributed by atoms with Crippen LogP contribution in [0.25, 0.3) is 5.03 Å². The highest BCUT2D eigenvalue weighted by molar-refractivity contribution is 6.51. The first-order chi connectivity index (χ1) is 9.70. The molecule has 3 nitrogen and oxygen atoms in total. The largest absolute Gasteiger partial charge is 0.508 e. The summed E-state index contributed by atoms with van der Waals surface area (Å²) in [5, 5.41) is 9.74. The van der Waals surface area contributed by atoms with Crippen LogP contribution in [0.5, 0.6) is 11.5 Å². The average molecular weight is 287 g/mol. The van der Waals surface area contributed by atoms with Gasteiger partial charge in [-0.25, -0.2) is 0 Å². The van der Waals surface area contributed by atoms with Gasteiger partial charge in [0.05, 0.1) is 10.6 Å². The zero-order valence-electron chi connectivity index (χ0n) is 10.4. The molecule has 1 aliphatic rings. The third-order valence-corrected chi connectivity index (χ3v) is 3.65. The highest BCUT2D eigenvalue weighted by Gasteiger charge is 2.28. The molecule has 1 aliphatic heterocycles. The maximum Gasteiger partial charge on any atom is 0.153 e. The number of rotatable bonds is 2. The van der Waals surface area contributed by atoms with Crippen LogP contribution >= 0.6 is 11.6 Å². The number of benzene rings is 2. The minimum Gasteiger partial charge on any atom is -0.508 e. The van der Waals surface area contributed by atoms with Crippen molar-refractivity contribution in [3.05, 3.63) is 65.2 Å². The summed E-state index contributed by atoms with van der Waals surface area (Å²) in [5.41, 5.74) is 1.86. The molecule has 0 aromatic heterocycles. The van der Waals surface area contributed by atoms with Crippen molar-refractivity contribution < 1.29 is 14.6 Å². The standard InChI is InChI=1S/C16H11ClO3/c17-15-12-3-1-2-4-14(12)20-16(13(15)9-18)10-5-7-11(19)8-6-10/h1-9,16,19H. The Morgan fingerprint density at radius 2 is 1.80 bits per heavy atom. The van der Waals surface area contributed by atoms with Gasteiger partial charge in [0.1, 0.15) is 11.5 Å². The lowest BCUT2D eigenvalue weighted by Crippen LogP contribution is -2.17. The Bertz CT molecular complexity index is 689. The molecule has 2 aromatic carbocycles. The van der Waals surface area contributed by atoms with Gasteiger partial charge < -0.3 is 9.84 Å². The van der Waals surface area contributed by atoms with Crippen molar-refractivity contribution in [3.63, 3.8) is 0 Å². The van der Waals surface area contributed by atoms with Gasteiger partial charge in [0.2, 0.25) is 0 Å². The summed E-state index contributed by atoms with van der Waals surface area (Å²) in [6.07, 6.45) is 0.158. The number of para-hydroxylation sites is 1. The van der Waals surface area contributed by atoms with Gasteiger partial charge in [-0.2, -0.15) is 0 Å². The lowest BCUT2D eigenvalue weighted by Gasteiger charge is -2.27. The molecule has 0 bridgehead atoms. The fraction of sp³-hybridized carbons (Fsp3) is 0.0625. The van der Waals surface area contributed by atoms with Crippen molar-refractivity contribution in [2.24, 2.45) is 0 Å². The molecule has 4 heteroatoms. The van der Waals surface area contributed by atoms with Crippen molar-refractivity contribution in [3.8, 4) is 11.5 Å². The molecule has 0 saturated carbocycles. The fourth-order valence-corrected chi connectivity index (χ4v) is 2.52. The molecular weight excluding hydrogens is 276 g/mol. The topological polar surface area (TPSA) is 46.5 Å². The predicted molar refractivity (Wildman–Crippen MR) is 76.8 cm³/mol. The second kappa shape index (κ2) is 5.02. The number of aldehydes is 1. The molecule has 0 saturated heterocycles. The molecule has 0 fully saturated rings. The van der Waals surface area contributed by atoms with Crippen LogP contribution in [0, 0.1) is 0 Å². The van der Waals surface area contributed by atoms with E-state index >= 15 is 0 Å². The molecule has 100 valence electrons. The van der Waals surface area contributed by atoms with E-state index < -0.39 is 6.10 Å². The number of halogens is 1. The first-order valence-corrected chi connectivity index (χ1v) is 6.48. The summed E-state index contributed by atoms with van der Waals surface area (Å²) in [6.45, 7) is 0. The van der Waals surface area contributed by atoms with E-state index in [0.717, 1.165) is 11.8 Å². The maximum absolute atomic E-state index is 11.4. The first kappa shape index (κ1) is 12.8. The Kier molecular flexibility index (Phi) is 3.20. The molecule has 1 heterocycles. The number of fused-ring (bicyclic) bond motifs is 1. The number of carbonyl (C=O) groups excluding carboxylic acids is 1. The number of phenolic OH excluding ortho intramolecular Hbond substituents is 1. The average Bonchev–Trinajstić information content (AvgIpc) is 2.48. The predicted octanol–water partition coefficient (Wildman–Crippen LogP) is 3.67. The third-order valence-electron chi connectivity index (χ3n) is 3.23. The van der Waals surface area contributed by atoms with Crippen LogP contribution in [0.3, 0.4) is 0 Å². The highest BCUT2D eigenvalue weighted by atomic mass is 35.5. The van der Waals surface area contributed by atoms with Gasteiger partial charge in [0.15, 0.2) is 12.4 Å². The molecule has 20 heavy (non-hydrogen) atoms. The van der Waals surface area contributed by atoms with Gasteiger partial charge in [0, 0.05) is 5.56 Å². The summed E-state index contributed by atoms with van der Waals surface area (Å²) in [7, 11) is 0. The van der Waals surface area contributed by atoms with Crippen molar-refractivity contribution in [1.29, 1.82) is 0 Å². The minimum atomic E-state index is -0.560. The number of hydrogen-bond donors (Lipinski definition) is 1. The van der Waals surface area contributed by atoms with E-state index in [9.17, 15) is 9.90 Å². The number of ether oxygens (including phenoxy) is 1. The minimum absolute atomic E-state index is 0.160. The van der Waals surface area contributed by atoms with Crippen molar-refractivity contribution in [2.75, 3.05) is 0 Å². The van der Waals surface area contributed by atoms with E-state index in [1.807, 2.05) is 24.3 Å². The van der Waals surface area contributed by atoms with E-state index in [1.54, 1.807) is 24.3 Å². The molecule has 2 aromatic rings. The lowest BCUT2D eigenvalue weighted by molar-refractivity contribution is -0.105. The molecule has 1 N–H and O–H groups in total. The highest BCUT2D eigenvalue weighted by Crippen LogP contribution is 2.43. The summed E-state index contributed by atoms with van der Waals surface area (Å²) >= 11 is 6.31. The van der Waals surface area contributed by atoms with Crippen LogP contribution in [0.15, 0.2) is 54.1 Å². The quantitative estimate of drug-likeness (QED) is 0.857. The van der Waals surface area contributed by atoms with Gasteiger partial charge in [0.25, 0.3) is 0 Å². The Balaban J connectivity index is 2.12. The van der Waals surface area contributed by atoms with Crippen LogP contribution in [0.1, 0.15) is 17.2 Å². The van der Waals surface area contributed by atoms with Crippen molar-refractivity contribution in [1.82, 2.24) is 0 Å². The molecular formula is C16H11ClO3. The van der Waals surface area contributed by atoms with Gasteiger partial charge in [-0.15, -0.1) is 0 Å². The Hall–Kier alpha value is -2.26. The van der Waals surface area contributed by atoms with Gasteiger partial charge >= 0.3 is 0 Å². The number of aromatic hydroxyl groups is 1. The third kappa shape index (κ3) is 2.06. The SMILES string of the molecule is O=CC1=C(Cl)c2ccccc2OC1c1ccc(O)cc1. The Morgan fingerprint density at radius 3 is 2.50 bits per heavy atom. The smallest absolute Gasteiger partial charge is 0.153 e. The molecule has 0 spiro atoms. The van der Waals surface area contributed by atoms with E-state index in [2.05, 4.69) is 0 Å². The van der Waals surface area contributed by atoms with Gasteiger partial charge in [-0.1, -0.05) is 35.9 Å². The number of phenols is 1. The number of carbonyl (C=O) groups is 1. The van der Waals surface area contributed by atoms with Crippen molar-refractivity contribution >= 4 is 22.9 Å². The zero-order valence-corrected chi connectivity index (χ0v) is 11.2. The monoisotopic (exact) mass is 286 g/mol. The lowest BCUT2D eigenvalue weighted by atomic mass is 9.96. The van der Waals surface area contributed by atoms with Crippen LogP contribution in [0.2, 0.25) is 0 Å². The molecule has 0 amide bonds. The summed E-state index contributed by atoms with van der Waals surface area (Å²) < 4.78 is 5.88. The second-order valence-electron chi connectivity index (χ2n) is 4.47. The molecule has 3 rings (SSSR count). The molecule has 1 unspecified atom stereocenters. The number of hydrogen-bond acceptors (Lipinski definition) is 3. The van der Waals surface area contributed by atoms with Crippen LogP contribution in [-0.2, 0) is 4.79 Å². The van der Waals surface area contributed by atoms with E-state index in [1.165, 1.54) is 0 Å². The fourth-order valence-electron chi connectivity index (χ4n) is 2.22. The molecule has 1 atom stereocenters. The first-order valence-electron chi connectivity index (χ1n) is 6.10. The van der Waals surface area contributed by atoms with E-state index in [4.69, 9.17) is 16.3 Å². The summed E-state index contributed by atoms with van der Waals surface area (Å²) in [4.78, 5) is 11.4. The second-order valence-corrected chi connectivity index (χ2v) is 4.85. The van der Waals surface area contributed by atoms with Crippen LogP contribution in [0.4, 0.5) is 0 Å². The van der Waals surface area contributed by atoms with Gasteiger partial charge in [-0.3, -0.25) is 4.79 Å². The van der Waals surface area contributed by atoms with Crippen LogP contribution in [-0.4, -0.2) is 11.4 Å². The molecule has 0 aliphatic carbocycles.